The zero-order valence-corrected chi connectivity index (χ0v) is 19.5. The summed E-state index contributed by atoms with van der Waals surface area (Å²) in [7, 11) is 3.48. The van der Waals surface area contributed by atoms with Crippen molar-refractivity contribution in [2.75, 3.05) is 46.9 Å². The summed E-state index contributed by atoms with van der Waals surface area (Å²) in [5, 5.41) is 3.17. The average molecular weight is 445 g/mol. The molecular weight excluding hydrogens is 408 g/mol. The minimum atomic E-state index is -0.193. The number of urea groups is 1. The minimum Gasteiger partial charge on any atom is -0.483 e. The van der Waals surface area contributed by atoms with Crippen LogP contribution in [-0.4, -0.2) is 79.4 Å². The lowest BCUT2D eigenvalue weighted by Crippen LogP contribution is -2.46. The number of piperidine rings is 1. The Bertz CT molecular complexity index is 799. The van der Waals surface area contributed by atoms with Gasteiger partial charge in [-0.3, -0.25) is 9.59 Å². The van der Waals surface area contributed by atoms with E-state index < -0.39 is 0 Å². The van der Waals surface area contributed by atoms with Gasteiger partial charge in [-0.1, -0.05) is 25.1 Å². The zero-order chi connectivity index (χ0) is 23.1. The number of benzene rings is 1. The maximum atomic E-state index is 13.0. The molecule has 2 heterocycles. The fourth-order valence-electron chi connectivity index (χ4n) is 4.40. The number of carbonyl (C=O) groups is 3. The Morgan fingerprint density at radius 2 is 1.72 bits per heavy atom. The summed E-state index contributed by atoms with van der Waals surface area (Å²) < 4.78 is 5.89. The van der Waals surface area contributed by atoms with Crippen LogP contribution in [0.4, 0.5) is 4.79 Å². The van der Waals surface area contributed by atoms with Crippen molar-refractivity contribution >= 4 is 17.8 Å². The van der Waals surface area contributed by atoms with Gasteiger partial charge in [0.05, 0.1) is 6.04 Å². The first-order valence-electron chi connectivity index (χ1n) is 11.7. The molecule has 2 saturated heterocycles. The van der Waals surface area contributed by atoms with E-state index in [0.29, 0.717) is 38.1 Å². The second-order valence-corrected chi connectivity index (χ2v) is 8.82. The van der Waals surface area contributed by atoms with E-state index in [0.717, 1.165) is 31.5 Å². The molecule has 0 spiro atoms. The first-order chi connectivity index (χ1) is 15.4. The van der Waals surface area contributed by atoms with Crippen LogP contribution in [0.5, 0.6) is 5.75 Å². The number of hydrogen-bond donors (Lipinski definition) is 1. The highest BCUT2D eigenvalue weighted by atomic mass is 16.5. The fourth-order valence-corrected chi connectivity index (χ4v) is 4.40. The van der Waals surface area contributed by atoms with E-state index in [-0.39, 0.29) is 36.4 Å². The Hall–Kier alpha value is -2.77. The second kappa shape index (κ2) is 11.2. The van der Waals surface area contributed by atoms with Gasteiger partial charge in [-0.15, -0.1) is 0 Å². The molecule has 1 N–H and O–H groups in total. The Balaban J connectivity index is 1.58. The van der Waals surface area contributed by atoms with Gasteiger partial charge in [0.2, 0.25) is 5.91 Å². The molecule has 1 aromatic rings. The molecule has 8 heteroatoms. The third kappa shape index (κ3) is 5.93. The number of ether oxygens (including phenoxy) is 1. The lowest BCUT2D eigenvalue weighted by Gasteiger charge is -2.33. The number of nitrogens with one attached hydrogen (secondary N) is 1. The molecule has 176 valence electrons. The van der Waals surface area contributed by atoms with Crippen LogP contribution in [0.1, 0.15) is 50.6 Å². The number of hydrogen-bond acceptors (Lipinski definition) is 4. The molecule has 0 aromatic heterocycles. The molecule has 0 radical (unpaired) electrons. The molecule has 2 aliphatic heterocycles. The number of para-hydroxylation sites is 1. The molecule has 0 bridgehead atoms. The third-order valence-corrected chi connectivity index (χ3v) is 6.35. The minimum absolute atomic E-state index is 0.00779. The van der Waals surface area contributed by atoms with Crippen LogP contribution in [0, 0.1) is 5.92 Å². The van der Waals surface area contributed by atoms with Crippen molar-refractivity contribution in [3.63, 3.8) is 0 Å². The van der Waals surface area contributed by atoms with Crippen LogP contribution in [-0.2, 0) is 9.59 Å². The van der Waals surface area contributed by atoms with E-state index in [1.807, 2.05) is 36.1 Å². The zero-order valence-electron chi connectivity index (χ0n) is 19.5. The van der Waals surface area contributed by atoms with Crippen molar-refractivity contribution in [2.24, 2.45) is 5.92 Å². The lowest BCUT2D eigenvalue weighted by atomic mass is 9.94. The van der Waals surface area contributed by atoms with Gasteiger partial charge < -0.3 is 24.8 Å². The second-order valence-electron chi connectivity index (χ2n) is 8.82. The summed E-state index contributed by atoms with van der Waals surface area (Å²) in [6, 6.07) is 7.40. The van der Waals surface area contributed by atoms with E-state index in [2.05, 4.69) is 5.32 Å². The standard InChI is InChI=1S/C24H36N4O4/c1-4-20(25-23(30)18-11-15-28(16-12-18)24(31)26(2)3)19-9-5-6-10-21(19)32-17-22(29)27-13-7-8-14-27/h5-6,9-10,18,20H,4,7-8,11-17H2,1-3H3,(H,25,30). The van der Waals surface area contributed by atoms with Crippen LogP contribution < -0.4 is 10.1 Å². The third-order valence-electron chi connectivity index (χ3n) is 6.35. The molecule has 8 nitrogen and oxygen atoms in total. The maximum Gasteiger partial charge on any atom is 0.319 e. The molecule has 0 saturated carbocycles. The largest absolute Gasteiger partial charge is 0.483 e. The normalized spacial score (nSPS) is 17.7. The van der Waals surface area contributed by atoms with Crippen molar-refractivity contribution in [3.05, 3.63) is 29.8 Å². The average Bonchev–Trinajstić information content (AvgIpc) is 3.36. The maximum absolute atomic E-state index is 13.0. The van der Waals surface area contributed by atoms with Crippen LogP contribution in [0.25, 0.3) is 0 Å². The van der Waals surface area contributed by atoms with Gasteiger partial charge in [-0.2, -0.15) is 0 Å². The number of carbonyl (C=O) groups excluding carboxylic acids is 3. The van der Waals surface area contributed by atoms with Gasteiger partial charge in [0.1, 0.15) is 5.75 Å². The molecule has 0 aliphatic carbocycles. The quantitative estimate of drug-likeness (QED) is 0.701. The number of rotatable bonds is 7. The highest BCUT2D eigenvalue weighted by molar-refractivity contribution is 5.80. The van der Waals surface area contributed by atoms with Crippen molar-refractivity contribution in [1.29, 1.82) is 0 Å². The van der Waals surface area contributed by atoms with Gasteiger partial charge in [-0.25, -0.2) is 4.79 Å². The summed E-state index contributed by atoms with van der Waals surface area (Å²) >= 11 is 0. The predicted molar refractivity (Wildman–Crippen MR) is 122 cm³/mol. The molecule has 3 rings (SSSR count). The highest BCUT2D eigenvalue weighted by Crippen LogP contribution is 2.28. The summed E-state index contributed by atoms with van der Waals surface area (Å²) in [6.45, 7) is 4.82. The number of nitrogens with zero attached hydrogens (tertiary/aromatic N) is 3. The fraction of sp³-hybridized carbons (Fsp3) is 0.625. The van der Waals surface area contributed by atoms with Gasteiger partial charge in [0, 0.05) is 51.8 Å². The predicted octanol–water partition coefficient (Wildman–Crippen LogP) is 2.65. The summed E-state index contributed by atoms with van der Waals surface area (Å²) in [5.74, 6) is 0.545. The van der Waals surface area contributed by atoms with Crippen LogP contribution >= 0.6 is 0 Å². The van der Waals surface area contributed by atoms with E-state index in [9.17, 15) is 14.4 Å². The summed E-state index contributed by atoms with van der Waals surface area (Å²) in [4.78, 5) is 42.7. The molecule has 1 aromatic carbocycles. The van der Waals surface area contributed by atoms with Gasteiger partial charge in [0.25, 0.3) is 5.91 Å². The molecule has 1 atom stereocenters. The van der Waals surface area contributed by atoms with Crippen LogP contribution in [0.15, 0.2) is 24.3 Å². The molecule has 4 amide bonds. The number of likely N-dealkylation sites (tertiary alicyclic amines) is 2. The Kier molecular flexibility index (Phi) is 8.36. The number of amides is 4. The first-order valence-corrected chi connectivity index (χ1v) is 11.7. The highest BCUT2D eigenvalue weighted by Gasteiger charge is 2.29. The van der Waals surface area contributed by atoms with E-state index in [1.165, 1.54) is 0 Å². The van der Waals surface area contributed by atoms with Crippen molar-refractivity contribution in [2.45, 2.75) is 45.1 Å². The van der Waals surface area contributed by atoms with E-state index in [1.54, 1.807) is 23.9 Å². The Morgan fingerprint density at radius 3 is 2.34 bits per heavy atom. The monoisotopic (exact) mass is 444 g/mol. The SMILES string of the molecule is CCC(NC(=O)C1CCN(C(=O)N(C)C)CC1)c1ccccc1OCC(=O)N1CCCC1. The van der Waals surface area contributed by atoms with Crippen molar-refractivity contribution in [3.8, 4) is 5.75 Å². The molecule has 2 aliphatic rings. The smallest absolute Gasteiger partial charge is 0.319 e. The van der Waals surface area contributed by atoms with E-state index >= 15 is 0 Å². The lowest BCUT2D eigenvalue weighted by molar-refractivity contribution is -0.132. The van der Waals surface area contributed by atoms with Crippen molar-refractivity contribution in [1.82, 2.24) is 20.0 Å². The Morgan fingerprint density at radius 1 is 1.06 bits per heavy atom. The van der Waals surface area contributed by atoms with Crippen LogP contribution in [0.2, 0.25) is 0 Å². The molecule has 1 unspecified atom stereocenters. The first kappa shape index (κ1) is 23.9. The van der Waals surface area contributed by atoms with Crippen molar-refractivity contribution < 1.29 is 19.1 Å². The van der Waals surface area contributed by atoms with Gasteiger partial charge in [0.15, 0.2) is 6.61 Å². The van der Waals surface area contributed by atoms with Gasteiger partial charge >= 0.3 is 6.03 Å². The Labute approximate surface area is 190 Å². The summed E-state index contributed by atoms with van der Waals surface area (Å²) in [6.07, 6.45) is 4.13. The van der Waals surface area contributed by atoms with E-state index in [4.69, 9.17) is 4.74 Å². The molecule has 32 heavy (non-hydrogen) atoms. The summed E-state index contributed by atoms with van der Waals surface area (Å²) in [5.41, 5.74) is 0.887. The van der Waals surface area contributed by atoms with Crippen LogP contribution in [0.3, 0.4) is 0 Å². The molecular formula is C24H36N4O4. The van der Waals surface area contributed by atoms with Gasteiger partial charge in [-0.05, 0) is 38.2 Å². The topological polar surface area (TPSA) is 82.2 Å². The molecule has 2 fully saturated rings.